The molecule has 1 rings (SSSR count). The summed E-state index contributed by atoms with van der Waals surface area (Å²) in [6, 6.07) is 2.91. The SMILES string of the molecule is CCN(CC)S(=O)(=O)c1cccnc1OCC(O)CO. The molecule has 0 fully saturated rings. The van der Waals surface area contributed by atoms with Gasteiger partial charge in [0.25, 0.3) is 0 Å². The van der Waals surface area contributed by atoms with Gasteiger partial charge in [0.2, 0.25) is 15.9 Å². The highest BCUT2D eigenvalue weighted by molar-refractivity contribution is 7.89. The van der Waals surface area contributed by atoms with Gasteiger partial charge in [0.05, 0.1) is 6.61 Å². The number of ether oxygens (including phenoxy) is 1. The Labute approximate surface area is 118 Å². The van der Waals surface area contributed by atoms with Gasteiger partial charge in [0.15, 0.2) is 0 Å². The molecular formula is C12H20N2O5S. The van der Waals surface area contributed by atoms with E-state index in [-0.39, 0.29) is 17.4 Å². The van der Waals surface area contributed by atoms with Gasteiger partial charge in [-0.3, -0.25) is 0 Å². The van der Waals surface area contributed by atoms with Crippen LogP contribution < -0.4 is 4.74 Å². The largest absolute Gasteiger partial charge is 0.474 e. The molecule has 1 aromatic rings. The van der Waals surface area contributed by atoms with Gasteiger partial charge in [0, 0.05) is 19.3 Å². The third-order valence-electron chi connectivity index (χ3n) is 2.68. The summed E-state index contributed by atoms with van der Waals surface area (Å²) in [6.45, 7) is 3.47. The van der Waals surface area contributed by atoms with Gasteiger partial charge in [0.1, 0.15) is 17.6 Å². The normalized spacial score (nSPS) is 13.4. The van der Waals surface area contributed by atoms with Crippen molar-refractivity contribution >= 4 is 10.0 Å². The molecule has 114 valence electrons. The first-order valence-electron chi connectivity index (χ1n) is 6.34. The molecule has 8 heteroatoms. The molecule has 1 unspecified atom stereocenters. The van der Waals surface area contributed by atoms with Crippen molar-refractivity contribution in [2.75, 3.05) is 26.3 Å². The Morgan fingerprint density at radius 2 is 2.05 bits per heavy atom. The molecule has 20 heavy (non-hydrogen) atoms. The summed E-state index contributed by atoms with van der Waals surface area (Å²) in [5, 5.41) is 18.0. The number of nitrogens with zero attached hydrogens (tertiary/aromatic N) is 2. The Morgan fingerprint density at radius 3 is 2.60 bits per heavy atom. The quantitative estimate of drug-likeness (QED) is 0.692. The lowest BCUT2D eigenvalue weighted by Crippen LogP contribution is -2.31. The predicted molar refractivity (Wildman–Crippen MR) is 72.9 cm³/mol. The van der Waals surface area contributed by atoms with Crippen molar-refractivity contribution in [3.8, 4) is 5.88 Å². The summed E-state index contributed by atoms with van der Waals surface area (Å²) in [4.78, 5) is 3.83. The van der Waals surface area contributed by atoms with Crippen LogP contribution in [0.3, 0.4) is 0 Å². The molecule has 0 aliphatic carbocycles. The van der Waals surface area contributed by atoms with Crippen LogP contribution in [-0.2, 0) is 10.0 Å². The Kier molecular flexibility index (Phi) is 6.34. The maximum Gasteiger partial charge on any atom is 0.248 e. The van der Waals surface area contributed by atoms with Gasteiger partial charge in [-0.05, 0) is 12.1 Å². The third-order valence-corrected chi connectivity index (χ3v) is 4.75. The third kappa shape index (κ3) is 3.89. The molecule has 0 aliphatic rings. The van der Waals surface area contributed by atoms with Crippen LogP contribution in [0.25, 0.3) is 0 Å². The molecular weight excluding hydrogens is 284 g/mol. The van der Waals surface area contributed by atoms with Crippen molar-refractivity contribution in [1.29, 1.82) is 0 Å². The Morgan fingerprint density at radius 1 is 1.40 bits per heavy atom. The topological polar surface area (TPSA) is 100.0 Å². The fraction of sp³-hybridized carbons (Fsp3) is 0.583. The summed E-state index contributed by atoms with van der Waals surface area (Å²) in [7, 11) is -3.68. The summed E-state index contributed by atoms with van der Waals surface area (Å²) in [5.74, 6) is -0.0769. The minimum absolute atomic E-state index is 0.0474. The lowest BCUT2D eigenvalue weighted by Gasteiger charge is -2.20. The van der Waals surface area contributed by atoms with E-state index < -0.39 is 22.7 Å². The maximum absolute atomic E-state index is 12.4. The van der Waals surface area contributed by atoms with Crippen molar-refractivity contribution in [3.05, 3.63) is 18.3 Å². The number of rotatable bonds is 8. The van der Waals surface area contributed by atoms with E-state index in [1.54, 1.807) is 13.8 Å². The summed E-state index contributed by atoms with van der Waals surface area (Å²) in [6.07, 6.45) is 0.322. The highest BCUT2D eigenvalue weighted by atomic mass is 32.2. The van der Waals surface area contributed by atoms with Gasteiger partial charge < -0.3 is 14.9 Å². The fourth-order valence-corrected chi connectivity index (χ4v) is 3.15. The van der Waals surface area contributed by atoms with Crippen LogP contribution in [-0.4, -0.2) is 60.3 Å². The fourth-order valence-electron chi connectivity index (χ4n) is 1.61. The summed E-state index contributed by atoms with van der Waals surface area (Å²) >= 11 is 0. The zero-order valence-electron chi connectivity index (χ0n) is 11.6. The Bertz CT molecular complexity index is 516. The van der Waals surface area contributed by atoms with Gasteiger partial charge >= 0.3 is 0 Å². The second-order valence-corrected chi connectivity index (χ2v) is 5.95. The molecule has 2 N–H and O–H groups in total. The zero-order chi connectivity index (χ0) is 15.2. The van der Waals surface area contributed by atoms with E-state index in [2.05, 4.69) is 4.98 Å². The molecule has 0 radical (unpaired) electrons. The first-order valence-corrected chi connectivity index (χ1v) is 7.78. The first kappa shape index (κ1) is 16.8. The summed E-state index contributed by atoms with van der Waals surface area (Å²) in [5.41, 5.74) is 0. The van der Waals surface area contributed by atoms with Crippen LogP contribution in [0.4, 0.5) is 0 Å². The lowest BCUT2D eigenvalue weighted by atomic mass is 10.4. The van der Waals surface area contributed by atoms with Crippen LogP contribution in [0.1, 0.15) is 13.8 Å². The average Bonchev–Trinajstić information content (AvgIpc) is 2.46. The van der Waals surface area contributed by atoms with E-state index in [0.717, 1.165) is 0 Å². The van der Waals surface area contributed by atoms with Crippen LogP contribution in [0.15, 0.2) is 23.2 Å². The minimum Gasteiger partial charge on any atom is -0.474 e. The number of aromatic nitrogens is 1. The van der Waals surface area contributed by atoms with Crippen molar-refractivity contribution in [2.24, 2.45) is 0 Å². The van der Waals surface area contributed by atoms with E-state index in [0.29, 0.717) is 13.1 Å². The van der Waals surface area contributed by atoms with E-state index in [9.17, 15) is 13.5 Å². The highest BCUT2D eigenvalue weighted by Crippen LogP contribution is 2.24. The number of aliphatic hydroxyl groups excluding tert-OH is 2. The second kappa shape index (κ2) is 7.53. The number of hydrogen-bond donors (Lipinski definition) is 2. The molecule has 0 amide bonds. The molecule has 1 aromatic heterocycles. The standard InChI is InChI=1S/C12H20N2O5S/c1-3-14(4-2)20(17,18)11-6-5-7-13-12(11)19-9-10(16)8-15/h5-7,10,15-16H,3-4,8-9H2,1-2H3. The van der Waals surface area contributed by atoms with E-state index in [4.69, 9.17) is 9.84 Å². The van der Waals surface area contributed by atoms with Gasteiger partial charge in [-0.1, -0.05) is 13.8 Å². The molecule has 0 saturated carbocycles. The number of aliphatic hydroxyl groups is 2. The molecule has 7 nitrogen and oxygen atoms in total. The highest BCUT2D eigenvalue weighted by Gasteiger charge is 2.26. The van der Waals surface area contributed by atoms with Gasteiger partial charge in [-0.15, -0.1) is 0 Å². The monoisotopic (exact) mass is 304 g/mol. The first-order chi connectivity index (χ1) is 9.47. The number of pyridine rings is 1. The van der Waals surface area contributed by atoms with Crippen molar-refractivity contribution in [3.63, 3.8) is 0 Å². The molecule has 0 bridgehead atoms. The Hall–Kier alpha value is -1.22. The van der Waals surface area contributed by atoms with Crippen LogP contribution in [0.5, 0.6) is 5.88 Å². The van der Waals surface area contributed by atoms with E-state index >= 15 is 0 Å². The van der Waals surface area contributed by atoms with Crippen LogP contribution in [0.2, 0.25) is 0 Å². The number of sulfonamides is 1. The molecule has 0 aliphatic heterocycles. The van der Waals surface area contributed by atoms with Crippen molar-refractivity contribution < 1.29 is 23.4 Å². The average molecular weight is 304 g/mol. The molecule has 0 saturated heterocycles. The molecule has 0 aromatic carbocycles. The van der Waals surface area contributed by atoms with Gasteiger partial charge in [-0.25, -0.2) is 13.4 Å². The maximum atomic E-state index is 12.4. The van der Waals surface area contributed by atoms with Crippen molar-refractivity contribution in [1.82, 2.24) is 9.29 Å². The van der Waals surface area contributed by atoms with E-state index in [1.165, 1.54) is 22.6 Å². The van der Waals surface area contributed by atoms with Crippen LogP contribution in [0, 0.1) is 0 Å². The minimum atomic E-state index is -3.68. The molecule has 1 heterocycles. The molecule has 1 atom stereocenters. The summed E-state index contributed by atoms with van der Waals surface area (Å²) < 4.78 is 31.3. The molecule has 0 spiro atoms. The van der Waals surface area contributed by atoms with E-state index in [1.807, 2.05) is 0 Å². The van der Waals surface area contributed by atoms with Crippen molar-refractivity contribution in [2.45, 2.75) is 24.8 Å². The van der Waals surface area contributed by atoms with Gasteiger partial charge in [-0.2, -0.15) is 4.31 Å². The number of hydrogen-bond acceptors (Lipinski definition) is 6. The van der Waals surface area contributed by atoms with Crippen LogP contribution >= 0.6 is 0 Å². The smallest absolute Gasteiger partial charge is 0.248 e. The lowest BCUT2D eigenvalue weighted by molar-refractivity contribution is 0.0510. The Balaban J connectivity index is 3.06. The second-order valence-electron chi connectivity index (χ2n) is 4.04. The zero-order valence-corrected chi connectivity index (χ0v) is 12.4. The predicted octanol–water partition coefficient (Wildman–Crippen LogP) is -0.156.